The fourth-order valence-electron chi connectivity index (χ4n) is 1.46. The molecule has 0 spiro atoms. The summed E-state index contributed by atoms with van der Waals surface area (Å²) in [6.07, 6.45) is 0.213. The number of rotatable bonds is 4. The number of benzene rings is 1. The molecular formula is C10H15ClNO2P. The summed E-state index contributed by atoms with van der Waals surface area (Å²) in [5, 5.41) is 0.651. The van der Waals surface area contributed by atoms with Crippen LogP contribution in [0.1, 0.15) is 11.5 Å². The second-order valence-corrected chi connectivity index (χ2v) is 6.62. The van der Waals surface area contributed by atoms with Gasteiger partial charge in [-0.15, -0.1) is 0 Å². The van der Waals surface area contributed by atoms with Gasteiger partial charge in [-0.25, -0.2) is 0 Å². The number of halogens is 1. The highest BCUT2D eigenvalue weighted by Gasteiger charge is 2.19. The Kier molecular flexibility index (Phi) is 4.35. The maximum Gasteiger partial charge on any atom is 0.198 e. The van der Waals surface area contributed by atoms with Crippen molar-refractivity contribution in [2.75, 3.05) is 19.4 Å². The maximum absolute atomic E-state index is 11.3. The molecule has 0 aliphatic heterocycles. The standard InChI is InChI=1S/C10H15ClNO2P/c1-15(13,14)7-9(6-12)8-2-4-10(11)5-3-8/h2-5,9H,6-7,12H2,1H3,(H,13,14)/t9-/m1/s1. The fraction of sp³-hybridized carbons (Fsp3) is 0.400. The molecule has 2 atom stereocenters. The van der Waals surface area contributed by atoms with E-state index in [4.69, 9.17) is 17.3 Å². The first-order chi connectivity index (χ1) is 6.92. The first kappa shape index (κ1) is 12.7. The van der Waals surface area contributed by atoms with Crippen molar-refractivity contribution in [3.8, 4) is 0 Å². The number of hydrogen-bond acceptors (Lipinski definition) is 2. The van der Waals surface area contributed by atoms with Gasteiger partial charge in [0.05, 0.1) is 0 Å². The van der Waals surface area contributed by atoms with Crippen molar-refractivity contribution < 1.29 is 9.46 Å². The molecule has 0 fully saturated rings. The highest BCUT2D eigenvalue weighted by Crippen LogP contribution is 2.40. The van der Waals surface area contributed by atoms with Crippen LogP contribution in [0, 0.1) is 0 Å². The van der Waals surface area contributed by atoms with E-state index >= 15 is 0 Å². The zero-order valence-corrected chi connectivity index (χ0v) is 10.2. The average Bonchev–Trinajstić information content (AvgIpc) is 2.14. The van der Waals surface area contributed by atoms with Crippen LogP contribution in [0.4, 0.5) is 0 Å². The Hall–Kier alpha value is -0.340. The van der Waals surface area contributed by atoms with Gasteiger partial charge in [-0.05, 0) is 24.2 Å². The zero-order chi connectivity index (χ0) is 11.5. The lowest BCUT2D eigenvalue weighted by atomic mass is 10.0. The third-order valence-corrected chi connectivity index (χ3v) is 3.56. The van der Waals surface area contributed by atoms with Gasteiger partial charge in [-0.3, -0.25) is 4.57 Å². The van der Waals surface area contributed by atoms with Crippen LogP contribution in [0.3, 0.4) is 0 Å². The second kappa shape index (κ2) is 5.13. The van der Waals surface area contributed by atoms with Crippen molar-refractivity contribution in [2.24, 2.45) is 5.73 Å². The van der Waals surface area contributed by atoms with Crippen LogP contribution in [-0.4, -0.2) is 24.3 Å². The van der Waals surface area contributed by atoms with Crippen LogP contribution in [0.2, 0.25) is 5.02 Å². The highest BCUT2D eigenvalue weighted by atomic mass is 35.5. The van der Waals surface area contributed by atoms with E-state index in [1.165, 1.54) is 6.66 Å². The molecule has 0 saturated heterocycles. The van der Waals surface area contributed by atoms with E-state index in [0.29, 0.717) is 11.6 Å². The van der Waals surface area contributed by atoms with Gasteiger partial charge in [0.25, 0.3) is 0 Å². The van der Waals surface area contributed by atoms with Gasteiger partial charge < -0.3 is 10.6 Å². The van der Waals surface area contributed by atoms with Crippen molar-refractivity contribution >= 4 is 19.0 Å². The molecule has 1 unspecified atom stereocenters. The van der Waals surface area contributed by atoms with E-state index in [-0.39, 0.29) is 12.1 Å². The Balaban J connectivity index is 2.83. The Morgan fingerprint density at radius 3 is 2.40 bits per heavy atom. The molecule has 0 amide bonds. The van der Waals surface area contributed by atoms with Gasteiger partial charge >= 0.3 is 0 Å². The molecule has 0 aromatic heterocycles. The van der Waals surface area contributed by atoms with E-state index in [2.05, 4.69) is 0 Å². The van der Waals surface area contributed by atoms with Crippen LogP contribution in [0.5, 0.6) is 0 Å². The van der Waals surface area contributed by atoms with Gasteiger partial charge in [0.2, 0.25) is 0 Å². The molecular weight excluding hydrogens is 233 g/mol. The fourth-order valence-corrected chi connectivity index (χ4v) is 2.76. The molecule has 0 bridgehead atoms. The summed E-state index contributed by atoms with van der Waals surface area (Å²) in [5.74, 6) is -0.0805. The minimum atomic E-state index is -3.03. The third kappa shape index (κ3) is 4.35. The summed E-state index contributed by atoms with van der Waals surface area (Å²) in [6, 6.07) is 7.21. The van der Waals surface area contributed by atoms with Crippen molar-refractivity contribution in [1.29, 1.82) is 0 Å². The van der Waals surface area contributed by atoms with Crippen LogP contribution < -0.4 is 5.73 Å². The lowest BCUT2D eigenvalue weighted by Gasteiger charge is -2.16. The van der Waals surface area contributed by atoms with E-state index in [9.17, 15) is 9.46 Å². The summed E-state index contributed by atoms with van der Waals surface area (Å²) in [5.41, 5.74) is 6.54. The minimum absolute atomic E-state index is 0.0805. The summed E-state index contributed by atoms with van der Waals surface area (Å²) >= 11 is 5.76. The van der Waals surface area contributed by atoms with Crippen LogP contribution >= 0.6 is 19.0 Å². The third-order valence-electron chi connectivity index (χ3n) is 2.19. The lowest BCUT2D eigenvalue weighted by Crippen LogP contribution is -2.16. The van der Waals surface area contributed by atoms with Gasteiger partial charge in [-0.2, -0.15) is 0 Å². The molecule has 0 saturated carbocycles. The molecule has 0 aliphatic carbocycles. The molecule has 1 aromatic rings. The Morgan fingerprint density at radius 1 is 1.47 bits per heavy atom. The summed E-state index contributed by atoms with van der Waals surface area (Å²) in [4.78, 5) is 9.31. The van der Waals surface area contributed by atoms with E-state index < -0.39 is 7.37 Å². The van der Waals surface area contributed by atoms with E-state index in [1.54, 1.807) is 12.1 Å². The molecule has 84 valence electrons. The van der Waals surface area contributed by atoms with Crippen molar-refractivity contribution in [1.82, 2.24) is 0 Å². The zero-order valence-electron chi connectivity index (χ0n) is 8.56. The SMILES string of the molecule is CP(=O)(O)C[C@@H](CN)c1ccc(Cl)cc1. The first-order valence-electron chi connectivity index (χ1n) is 4.67. The molecule has 1 aromatic carbocycles. The first-order valence-corrected chi connectivity index (χ1v) is 7.34. The Labute approximate surface area is 94.7 Å². The number of hydrogen-bond donors (Lipinski definition) is 2. The molecule has 3 nitrogen and oxygen atoms in total. The summed E-state index contributed by atoms with van der Waals surface area (Å²) in [7, 11) is -3.03. The predicted molar refractivity (Wildman–Crippen MR) is 63.9 cm³/mol. The van der Waals surface area contributed by atoms with Gasteiger partial charge in [0, 0.05) is 23.8 Å². The van der Waals surface area contributed by atoms with Crippen molar-refractivity contribution in [2.45, 2.75) is 5.92 Å². The predicted octanol–water partition coefficient (Wildman–Crippen LogP) is 2.28. The largest absolute Gasteiger partial charge is 0.344 e. The molecule has 3 N–H and O–H groups in total. The van der Waals surface area contributed by atoms with Crippen molar-refractivity contribution in [3.63, 3.8) is 0 Å². The number of nitrogens with two attached hydrogens (primary N) is 1. The molecule has 0 heterocycles. The normalized spacial score (nSPS) is 17.1. The van der Waals surface area contributed by atoms with Gasteiger partial charge in [0.1, 0.15) is 0 Å². The monoisotopic (exact) mass is 247 g/mol. The molecule has 0 aliphatic rings. The summed E-state index contributed by atoms with van der Waals surface area (Å²) in [6.45, 7) is 1.71. The quantitative estimate of drug-likeness (QED) is 0.803. The Morgan fingerprint density at radius 2 is 2.00 bits per heavy atom. The Bertz CT molecular complexity index is 360. The topological polar surface area (TPSA) is 63.3 Å². The second-order valence-electron chi connectivity index (χ2n) is 3.72. The minimum Gasteiger partial charge on any atom is -0.344 e. The van der Waals surface area contributed by atoms with Crippen LogP contribution in [-0.2, 0) is 4.57 Å². The van der Waals surface area contributed by atoms with Gasteiger partial charge in [-0.1, -0.05) is 23.7 Å². The smallest absolute Gasteiger partial charge is 0.198 e. The van der Waals surface area contributed by atoms with Crippen molar-refractivity contribution in [3.05, 3.63) is 34.9 Å². The average molecular weight is 248 g/mol. The van der Waals surface area contributed by atoms with E-state index in [1.807, 2.05) is 12.1 Å². The highest BCUT2D eigenvalue weighted by molar-refractivity contribution is 7.57. The van der Waals surface area contributed by atoms with Crippen LogP contribution in [0.15, 0.2) is 24.3 Å². The van der Waals surface area contributed by atoms with Gasteiger partial charge in [0.15, 0.2) is 7.37 Å². The van der Waals surface area contributed by atoms with Crippen LogP contribution in [0.25, 0.3) is 0 Å². The molecule has 0 radical (unpaired) electrons. The molecule has 1 rings (SSSR count). The summed E-state index contributed by atoms with van der Waals surface area (Å²) < 4.78 is 11.3. The maximum atomic E-state index is 11.3. The molecule has 5 heteroatoms. The molecule has 15 heavy (non-hydrogen) atoms. The van der Waals surface area contributed by atoms with E-state index in [0.717, 1.165) is 5.56 Å². The lowest BCUT2D eigenvalue weighted by molar-refractivity contribution is 0.479.